The van der Waals surface area contributed by atoms with Crippen molar-refractivity contribution in [2.45, 2.75) is 11.7 Å². The van der Waals surface area contributed by atoms with Crippen molar-refractivity contribution in [3.63, 3.8) is 0 Å². The number of benzene rings is 3. The molecule has 4 nitrogen and oxygen atoms in total. The Morgan fingerprint density at radius 3 is 2.20 bits per heavy atom. The number of fused-ring (bicyclic) bond motifs is 1. The van der Waals surface area contributed by atoms with Gasteiger partial charge in [0.25, 0.3) is 5.56 Å². The molecule has 0 radical (unpaired) electrons. The minimum Gasteiger partial charge on any atom is -0.293 e. The molecule has 6 heteroatoms. The zero-order valence-electron chi connectivity index (χ0n) is 18.9. The number of Topliss-reactive ketones (excluding diaryl/α,β-unsaturated/α-hetero) is 1. The van der Waals surface area contributed by atoms with Crippen molar-refractivity contribution in [1.82, 2.24) is 9.55 Å². The lowest BCUT2D eigenvalue weighted by atomic mass is 10.0. The number of aromatic nitrogens is 2. The van der Waals surface area contributed by atoms with Gasteiger partial charge in [0.1, 0.15) is 4.83 Å². The highest BCUT2D eigenvalue weighted by Gasteiger charge is 2.18. The van der Waals surface area contributed by atoms with E-state index in [4.69, 9.17) is 4.98 Å². The van der Waals surface area contributed by atoms with E-state index in [2.05, 4.69) is 6.58 Å². The highest BCUT2D eigenvalue weighted by Crippen LogP contribution is 2.32. The molecule has 0 aliphatic rings. The third-order valence-corrected chi connectivity index (χ3v) is 7.55. The summed E-state index contributed by atoms with van der Waals surface area (Å²) in [5, 5.41) is 3.11. The smallest absolute Gasteiger partial charge is 0.263 e. The van der Waals surface area contributed by atoms with Crippen LogP contribution in [0.3, 0.4) is 0 Å². The van der Waals surface area contributed by atoms with Gasteiger partial charge in [0.05, 0.1) is 11.1 Å². The van der Waals surface area contributed by atoms with E-state index in [-0.39, 0.29) is 17.1 Å². The molecule has 0 amide bonds. The van der Waals surface area contributed by atoms with Crippen molar-refractivity contribution in [3.8, 4) is 22.3 Å². The quantitative estimate of drug-likeness (QED) is 0.101. The summed E-state index contributed by atoms with van der Waals surface area (Å²) < 4.78 is 1.60. The van der Waals surface area contributed by atoms with Crippen LogP contribution in [0.15, 0.2) is 113 Å². The largest absolute Gasteiger partial charge is 0.293 e. The summed E-state index contributed by atoms with van der Waals surface area (Å²) in [5.41, 5.74) is 4.56. The monoisotopic (exact) mass is 494 g/mol. The molecule has 0 unspecified atom stereocenters. The number of thioether (sulfide) groups is 1. The van der Waals surface area contributed by atoms with Crippen LogP contribution in [0.4, 0.5) is 0 Å². The number of hydrogen-bond acceptors (Lipinski definition) is 5. The Morgan fingerprint density at radius 2 is 1.54 bits per heavy atom. The number of carbonyl (C=O) groups is 1. The van der Waals surface area contributed by atoms with Gasteiger partial charge in [-0.15, -0.1) is 17.9 Å². The van der Waals surface area contributed by atoms with Gasteiger partial charge in [-0.2, -0.15) is 0 Å². The van der Waals surface area contributed by atoms with E-state index in [1.54, 1.807) is 10.6 Å². The first-order valence-electron chi connectivity index (χ1n) is 11.2. The van der Waals surface area contributed by atoms with E-state index in [0.717, 1.165) is 22.3 Å². The molecular weight excluding hydrogens is 472 g/mol. The molecule has 0 aliphatic carbocycles. The maximum atomic E-state index is 13.5. The molecule has 0 saturated carbocycles. The lowest BCUT2D eigenvalue weighted by Gasteiger charge is -2.11. The molecule has 0 spiro atoms. The van der Waals surface area contributed by atoms with Gasteiger partial charge in [-0.3, -0.25) is 14.2 Å². The summed E-state index contributed by atoms with van der Waals surface area (Å²) in [7, 11) is 0. The van der Waals surface area contributed by atoms with Gasteiger partial charge in [-0.25, -0.2) is 4.98 Å². The third kappa shape index (κ3) is 4.76. The predicted octanol–water partition coefficient (Wildman–Crippen LogP) is 6.95. The number of hydrogen-bond donors (Lipinski definition) is 0. The second-order valence-corrected chi connectivity index (χ2v) is 9.75. The number of nitrogens with zero attached hydrogens (tertiary/aromatic N) is 2. The van der Waals surface area contributed by atoms with Crippen LogP contribution in [0.5, 0.6) is 0 Å². The summed E-state index contributed by atoms with van der Waals surface area (Å²) >= 11 is 2.73. The average Bonchev–Trinajstić information content (AvgIpc) is 3.34. The molecule has 35 heavy (non-hydrogen) atoms. The van der Waals surface area contributed by atoms with Crippen LogP contribution >= 0.6 is 23.1 Å². The summed E-state index contributed by atoms with van der Waals surface area (Å²) in [4.78, 5) is 31.8. The first-order chi connectivity index (χ1) is 17.2. The lowest BCUT2D eigenvalue weighted by Crippen LogP contribution is -2.23. The highest BCUT2D eigenvalue weighted by atomic mass is 32.2. The summed E-state index contributed by atoms with van der Waals surface area (Å²) in [5.74, 6) is 0.182. The van der Waals surface area contributed by atoms with Crippen molar-refractivity contribution >= 4 is 39.1 Å². The van der Waals surface area contributed by atoms with E-state index in [9.17, 15) is 9.59 Å². The standard InChI is InChI=1S/C29H22N2O2S2/c1-2-17-31-28(33)26-24(22-11-7-4-8-12-22)18-34-27(26)30-29(31)35-19-25(32)23-15-13-21(14-16-23)20-9-5-3-6-10-20/h2-16,18H,1,17,19H2. The molecule has 3 aromatic carbocycles. The van der Waals surface area contributed by atoms with Crippen molar-refractivity contribution in [2.24, 2.45) is 0 Å². The first-order valence-corrected chi connectivity index (χ1v) is 13.0. The van der Waals surface area contributed by atoms with Crippen LogP contribution in [-0.2, 0) is 6.54 Å². The van der Waals surface area contributed by atoms with Crippen LogP contribution in [0.25, 0.3) is 32.5 Å². The number of rotatable bonds is 8. The van der Waals surface area contributed by atoms with E-state index < -0.39 is 0 Å². The Kier molecular flexibility index (Phi) is 6.75. The molecule has 0 fully saturated rings. The van der Waals surface area contributed by atoms with Crippen LogP contribution in [0.2, 0.25) is 0 Å². The molecule has 0 atom stereocenters. The van der Waals surface area contributed by atoms with E-state index >= 15 is 0 Å². The van der Waals surface area contributed by atoms with Crippen LogP contribution in [0.1, 0.15) is 10.4 Å². The molecule has 0 saturated heterocycles. The maximum Gasteiger partial charge on any atom is 0.263 e. The van der Waals surface area contributed by atoms with Gasteiger partial charge in [-0.05, 0) is 16.7 Å². The van der Waals surface area contributed by atoms with E-state index in [0.29, 0.717) is 27.5 Å². The molecule has 2 heterocycles. The zero-order valence-corrected chi connectivity index (χ0v) is 20.5. The zero-order chi connectivity index (χ0) is 24.2. The maximum absolute atomic E-state index is 13.5. The number of allylic oxidation sites excluding steroid dienone is 1. The number of thiophene rings is 1. The Labute approximate surface area is 211 Å². The van der Waals surface area contributed by atoms with Gasteiger partial charge in [0.15, 0.2) is 10.9 Å². The summed E-state index contributed by atoms with van der Waals surface area (Å²) in [6.45, 7) is 4.13. The Morgan fingerprint density at radius 1 is 0.914 bits per heavy atom. The van der Waals surface area contributed by atoms with Crippen molar-refractivity contribution in [1.29, 1.82) is 0 Å². The average molecular weight is 495 g/mol. The van der Waals surface area contributed by atoms with Crippen LogP contribution in [-0.4, -0.2) is 21.1 Å². The first kappa shape index (κ1) is 23.0. The second kappa shape index (κ2) is 10.3. The molecular formula is C29H22N2O2S2. The topological polar surface area (TPSA) is 52.0 Å². The number of ketones is 1. The van der Waals surface area contributed by atoms with Crippen LogP contribution in [0, 0.1) is 0 Å². The minimum atomic E-state index is -0.114. The summed E-state index contributed by atoms with van der Waals surface area (Å²) in [6, 6.07) is 27.5. The van der Waals surface area contributed by atoms with Gasteiger partial charge in [-0.1, -0.05) is 103 Å². The lowest BCUT2D eigenvalue weighted by molar-refractivity contribution is 0.102. The fraction of sp³-hybridized carbons (Fsp3) is 0.0690. The Bertz CT molecular complexity index is 1550. The van der Waals surface area contributed by atoms with E-state index in [1.165, 1.54) is 23.1 Å². The molecule has 0 N–H and O–H groups in total. The molecule has 0 aliphatic heterocycles. The molecule has 2 aromatic heterocycles. The molecule has 172 valence electrons. The molecule has 0 bridgehead atoms. The van der Waals surface area contributed by atoms with Crippen molar-refractivity contribution < 1.29 is 4.79 Å². The number of carbonyl (C=O) groups excluding carboxylic acids is 1. The minimum absolute atomic E-state index is 0.00901. The van der Waals surface area contributed by atoms with E-state index in [1.807, 2.05) is 90.3 Å². The SMILES string of the molecule is C=CCn1c(SCC(=O)c2ccc(-c3ccccc3)cc2)nc2scc(-c3ccccc3)c2c1=O. The fourth-order valence-corrected chi connectivity index (χ4v) is 5.82. The van der Waals surface area contributed by atoms with Gasteiger partial charge in [0.2, 0.25) is 0 Å². The fourth-order valence-electron chi connectivity index (χ4n) is 3.93. The van der Waals surface area contributed by atoms with Crippen LogP contribution < -0.4 is 5.56 Å². The normalized spacial score (nSPS) is 11.0. The predicted molar refractivity (Wildman–Crippen MR) is 146 cm³/mol. The van der Waals surface area contributed by atoms with Gasteiger partial charge in [0, 0.05) is 23.1 Å². The molecule has 5 aromatic rings. The third-order valence-electron chi connectivity index (χ3n) is 5.70. The summed E-state index contributed by atoms with van der Waals surface area (Å²) in [6.07, 6.45) is 1.68. The van der Waals surface area contributed by atoms with Crippen molar-refractivity contribution in [2.75, 3.05) is 5.75 Å². The van der Waals surface area contributed by atoms with Crippen molar-refractivity contribution in [3.05, 3.63) is 119 Å². The van der Waals surface area contributed by atoms with Gasteiger partial charge >= 0.3 is 0 Å². The second-order valence-electron chi connectivity index (χ2n) is 7.95. The highest BCUT2D eigenvalue weighted by molar-refractivity contribution is 7.99. The Hall–Kier alpha value is -3.74. The Balaban J connectivity index is 1.41. The van der Waals surface area contributed by atoms with Gasteiger partial charge < -0.3 is 0 Å². The molecule has 5 rings (SSSR count).